The molecule has 2 N–H and O–H groups in total. The monoisotopic (exact) mass is 204 g/mol. The molecule has 1 rings (SSSR count). The Kier molecular flexibility index (Phi) is 2.96. The first-order valence-corrected chi connectivity index (χ1v) is 4.40. The molecule has 0 amide bonds. The average molecular weight is 204 g/mol. The van der Waals surface area contributed by atoms with Crippen molar-refractivity contribution in [2.75, 3.05) is 5.32 Å². The normalized spacial score (nSPS) is 10.5. The van der Waals surface area contributed by atoms with Crippen LogP contribution in [0.2, 0.25) is 0 Å². The van der Waals surface area contributed by atoms with E-state index in [2.05, 4.69) is 16.2 Å². The highest BCUT2D eigenvalue weighted by Crippen LogP contribution is 2.13. The standard InChI is InChI=1S/C11H12N2O2/c1-4-11(2,3)13-9-7-8(10(14)15)5-6-12-9/h1,5-7H,2-3H3,(H,12,13)(H,14,15). The van der Waals surface area contributed by atoms with Gasteiger partial charge in [0.05, 0.1) is 11.1 Å². The lowest BCUT2D eigenvalue weighted by Crippen LogP contribution is -2.29. The molecule has 0 saturated heterocycles. The summed E-state index contributed by atoms with van der Waals surface area (Å²) < 4.78 is 0. The summed E-state index contributed by atoms with van der Waals surface area (Å²) in [6.07, 6.45) is 6.72. The largest absolute Gasteiger partial charge is 0.478 e. The maximum atomic E-state index is 10.7. The second-order valence-corrected chi connectivity index (χ2v) is 3.63. The van der Waals surface area contributed by atoms with Crippen LogP contribution in [-0.2, 0) is 0 Å². The highest BCUT2D eigenvalue weighted by atomic mass is 16.4. The Balaban J connectivity index is 2.93. The minimum atomic E-state index is -0.987. The Hall–Kier alpha value is -2.02. The first-order valence-electron chi connectivity index (χ1n) is 4.40. The van der Waals surface area contributed by atoms with E-state index in [1.54, 1.807) is 0 Å². The molecule has 78 valence electrons. The Morgan fingerprint density at radius 2 is 2.33 bits per heavy atom. The van der Waals surface area contributed by atoms with Crippen LogP contribution in [-0.4, -0.2) is 21.6 Å². The predicted octanol–water partition coefficient (Wildman–Crippen LogP) is 1.60. The van der Waals surface area contributed by atoms with Crippen molar-refractivity contribution in [2.24, 2.45) is 0 Å². The van der Waals surface area contributed by atoms with Gasteiger partial charge in [-0.1, -0.05) is 5.92 Å². The number of aromatic nitrogens is 1. The molecule has 1 aromatic heterocycles. The van der Waals surface area contributed by atoms with E-state index in [-0.39, 0.29) is 5.56 Å². The third kappa shape index (κ3) is 2.99. The van der Waals surface area contributed by atoms with Crippen LogP contribution in [0.3, 0.4) is 0 Å². The van der Waals surface area contributed by atoms with Crippen LogP contribution in [0, 0.1) is 12.3 Å². The van der Waals surface area contributed by atoms with E-state index in [1.807, 2.05) is 13.8 Å². The highest BCUT2D eigenvalue weighted by molar-refractivity contribution is 5.88. The first kappa shape index (κ1) is 11.1. The van der Waals surface area contributed by atoms with Gasteiger partial charge in [-0.15, -0.1) is 6.42 Å². The van der Waals surface area contributed by atoms with Gasteiger partial charge in [0, 0.05) is 6.20 Å². The molecule has 1 heterocycles. The molecule has 0 bridgehead atoms. The van der Waals surface area contributed by atoms with Crippen molar-refractivity contribution in [3.05, 3.63) is 23.9 Å². The molecule has 0 atom stereocenters. The number of pyridine rings is 1. The summed E-state index contributed by atoms with van der Waals surface area (Å²) >= 11 is 0. The van der Waals surface area contributed by atoms with Gasteiger partial charge in [0.2, 0.25) is 0 Å². The zero-order valence-electron chi connectivity index (χ0n) is 8.61. The third-order valence-corrected chi connectivity index (χ3v) is 1.81. The average Bonchev–Trinajstić information content (AvgIpc) is 2.17. The number of carbonyl (C=O) groups is 1. The molecule has 0 fully saturated rings. The Morgan fingerprint density at radius 1 is 1.67 bits per heavy atom. The maximum absolute atomic E-state index is 10.7. The number of nitrogens with one attached hydrogen (secondary N) is 1. The molecule has 0 aliphatic heterocycles. The molecular formula is C11H12N2O2. The number of anilines is 1. The summed E-state index contributed by atoms with van der Waals surface area (Å²) in [4.78, 5) is 14.7. The van der Waals surface area contributed by atoms with Gasteiger partial charge in [-0.2, -0.15) is 0 Å². The van der Waals surface area contributed by atoms with Crippen molar-refractivity contribution in [3.8, 4) is 12.3 Å². The van der Waals surface area contributed by atoms with Crippen molar-refractivity contribution in [1.29, 1.82) is 0 Å². The molecule has 1 aromatic rings. The van der Waals surface area contributed by atoms with E-state index in [1.165, 1.54) is 18.3 Å². The summed E-state index contributed by atoms with van der Waals surface area (Å²) in [5.74, 6) is 2.01. The van der Waals surface area contributed by atoms with Crippen LogP contribution >= 0.6 is 0 Å². The minimum absolute atomic E-state index is 0.181. The van der Waals surface area contributed by atoms with Crippen LogP contribution in [0.25, 0.3) is 0 Å². The van der Waals surface area contributed by atoms with Gasteiger partial charge in [0.1, 0.15) is 5.82 Å². The fraction of sp³-hybridized carbons (Fsp3) is 0.273. The van der Waals surface area contributed by atoms with Gasteiger partial charge in [-0.25, -0.2) is 9.78 Å². The molecule has 4 heteroatoms. The van der Waals surface area contributed by atoms with Gasteiger partial charge < -0.3 is 10.4 Å². The topological polar surface area (TPSA) is 62.2 Å². The second kappa shape index (κ2) is 4.01. The lowest BCUT2D eigenvalue weighted by Gasteiger charge is -2.20. The molecule has 4 nitrogen and oxygen atoms in total. The molecule has 0 aliphatic rings. The quantitative estimate of drug-likeness (QED) is 0.734. The van der Waals surface area contributed by atoms with E-state index >= 15 is 0 Å². The summed E-state index contributed by atoms with van der Waals surface area (Å²) in [6, 6.07) is 2.87. The van der Waals surface area contributed by atoms with Crippen molar-refractivity contribution in [1.82, 2.24) is 4.98 Å². The van der Waals surface area contributed by atoms with Crippen LogP contribution in [0.5, 0.6) is 0 Å². The number of terminal acetylenes is 1. The van der Waals surface area contributed by atoms with E-state index in [4.69, 9.17) is 11.5 Å². The fourth-order valence-corrected chi connectivity index (χ4v) is 0.988. The second-order valence-electron chi connectivity index (χ2n) is 3.63. The van der Waals surface area contributed by atoms with Crippen molar-refractivity contribution < 1.29 is 9.90 Å². The Labute approximate surface area is 88.3 Å². The van der Waals surface area contributed by atoms with Crippen molar-refractivity contribution >= 4 is 11.8 Å². The molecule has 0 saturated carbocycles. The van der Waals surface area contributed by atoms with Gasteiger partial charge >= 0.3 is 5.97 Å². The first-order chi connectivity index (χ1) is 6.94. The summed E-state index contributed by atoms with van der Waals surface area (Å²) in [6.45, 7) is 3.62. The molecule has 15 heavy (non-hydrogen) atoms. The van der Waals surface area contributed by atoms with Crippen molar-refractivity contribution in [2.45, 2.75) is 19.4 Å². The zero-order chi connectivity index (χ0) is 11.5. The van der Waals surface area contributed by atoms with E-state index in [9.17, 15) is 4.79 Å². The van der Waals surface area contributed by atoms with Crippen LogP contribution < -0.4 is 5.32 Å². The van der Waals surface area contributed by atoms with Gasteiger partial charge in [-0.3, -0.25) is 0 Å². The SMILES string of the molecule is C#CC(C)(C)Nc1cc(C(=O)O)ccn1. The third-order valence-electron chi connectivity index (χ3n) is 1.81. The lowest BCUT2D eigenvalue weighted by molar-refractivity contribution is 0.0697. The number of carboxylic acid groups (broad SMARTS) is 1. The van der Waals surface area contributed by atoms with E-state index in [0.29, 0.717) is 5.82 Å². The molecule has 0 aromatic carbocycles. The smallest absolute Gasteiger partial charge is 0.335 e. The van der Waals surface area contributed by atoms with Crippen LogP contribution in [0.15, 0.2) is 18.3 Å². The van der Waals surface area contributed by atoms with Gasteiger partial charge in [0.25, 0.3) is 0 Å². The summed E-state index contributed by atoms with van der Waals surface area (Å²) in [5.41, 5.74) is -0.371. The summed E-state index contributed by atoms with van der Waals surface area (Å²) in [7, 11) is 0. The lowest BCUT2D eigenvalue weighted by atomic mass is 10.1. The molecule has 0 spiro atoms. The fourth-order valence-electron chi connectivity index (χ4n) is 0.988. The number of hydrogen-bond donors (Lipinski definition) is 2. The highest BCUT2D eigenvalue weighted by Gasteiger charge is 2.14. The molecule has 0 radical (unpaired) electrons. The van der Waals surface area contributed by atoms with E-state index in [0.717, 1.165) is 0 Å². The van der Waals surface area contributed by atoms with Crippen LogP contribution in [0.4, 0.5) is 5.82 Å². The zero-order valence-corrected chi connectivity index (χ0v) is 8.61. The molecule has 0 aliphatic carbocycles. The number of hydrogen-bond acceptors (Lipinski definition) is 3. The number of carboxylic acids is 1. The van der Waals surface area contributed by atoms with E-state index < -0.39 is 11.5 Å². The predicted molar refractivity (Wildman–Crippen MR) is 57.7 cm³/mol. The molecule has 0 unspecified atom stereocenters. The van der Waals surface area contributed by atoms with Crippen molar-refractivity contribution in [3.63, 3.8) is 0 Å². The molecular weight excluding hydrogens is 192 g/mol. The van der Waals surface area contributed by atoms with Crippen LogP contribution in [0.1, 0.15) is 24.2 Å². The summed E-state index contributed by atoms with van der Waals surface area (Å²) in [5, 5.41) is 11.7. The minimum Gasteiger partial charge on any atom is -0.478 e. The number of nitrogens with zero attached hydrogens (tertiary/aromatic N) is 1. The Morgan fingerprint density at radius 3 is 2.87 bits per heavy atom. The Bertz CT molecular complexity index is 419. The maximum Gasteiger partial charge on any atom is 0.335 e. The van der Waals surface area contributed by atoms with Gasteiger partial charge in [0.15, 0.2) is 0 Å². The van der Waals surface area contributed by atoms with Gasteiger partial charge in [-0.05, 0) is 26.0 Å². The number of aromatic carboxylic acids is 1. The number of rotatable bonds is 3.